The molecule has 2 atom stereocenters. The first kappa shape index (κ1) is 21.6. The summed E-state index contributed by atoms with van der Waals surface area (Å²) in [5.41, 5.74) is 2.49. The number of nitrogens with zero attached hydrogens (tertiary/aromatic N) is 3. The zero-order valence-electron chi connectivity index (χ0n) is 16.7. The summed E-state index contributed by atoms with van der Waals surface area (Å²) < 4.78 is 7.16. The van der Waals surface area contributed by atoms with Crippen molar-refractivity contribution >= 4 is 46.5 Å². The van der Waals surface area contributed by atoms with Gasteiger partial charge in [-0.1, -0.05) is 29.3 Å². The van der Waals surface area contributed by atoms with Crippen LogP contribution in [-0.4, -0.2) is 38.7 Å². The van der Waals surface area contributed by atoms with Crippen molar-refractivity contribution in [2.75, 3.05) is 13.2 Å². The molecule has 4 rings (SSSR count). The summed E-state index contributed by atoms with van der Waals surface area (Å²) in [6.07, 6.45) is 3.66. The van der Waals surface area contributed by atoms with Crippen molar-refractivity contribution in [1.29, 1.82) is 0 Å². The Labute approximate surface area is 195 Å². The lowest BCUT2D eigenvalue weighted by atomic mass is 10.0. The first-order chi connectivity index (χ1) is 15.0. The lowest BCUT2D eigenvalue weighted by Gasteiger charge is -2.28. The number of ether oxygens (including phenoxy) is 1. The van der Waals surface area contributed by atoms with Crippen molar-refractivity contribution in [1.82, 2.24) is 19.8 Å². The quantitative estimate of drug-likeness (QED) is 0.412. The van der Waals surface area contributed by atoms with Gasteiger partial charge in [0.2, 0.25) is 0 Å². The molecule has 0 saturated carbocycles. The smallest absolute Gasteiger partial charge is 0.325 e. The molecule has 1 fully saturated rings. The van der Waals surface area contributed by atoms with Gasteiger partial charge in [-0.3, -0.25) is 9.78 Å². The largest absolute Gasteiger partial charge is 0.465 e. The SMILES string of the molecule is CCOC(=O)CN1C(=S)NC(c2ccccn2)C1c1cccn1-c1ccc(Cl)cc1Cl. The lowest BCUT2D eigenvalue weighted by molar-refractivity contribution is -0.143. The van der Waals surface area contributed by atoms with Crippen molar-refractivity contribution in [2.24, 2.45) is 0 Å². The molecule has 0 spiro atoms. The number of esters is 1. The van der Waals surface area contributed by atoms with E-state index in [2.05, 4.69) is 10.3 Å². The average molecular weight is 475 g/mol. The zero-order chi connectivity index (χ0) is 22.0. The maximum Gasteiger partial charge on any atom is 0.325 e. The van der Waals surface area contributed by atoms with E-state index in [1.165, 1.54) is 0 Å². The highest BCUT2D eigenvalue weighted by Crippen LogP contribution is 2.40. The molecule has 3 heterocycles. The Hall–Kier alpha value is -2.61. The van der Waals surface area contributed by atoms with Gasteiger partial charge in [0.05, 0.1) is 35.1 Å². The van der Waals surface area contributed by atoms with Crippen LogP contribution in [0.4, 0.5) is 0 Å². The van der Waals surface area contributed by atoms with Gasteiger partial charge in [-0.2, -0.15) is 0 Å². The second-order valence-electron chi connectivity index (χ2n) is 6.96. The van der Waals surface area contributed by atoms with Gasteiger partial charge < -0.3 is 19.5 Å². The van der Waals surface area contributed by atoms with Crippen molar-refractivity contribution in [3.05, 3.63) is 82.4 Å². The Morgan fingerprint density at radius 2 is 2.06 bits per heavy atom. The number of thiocarbonyl (C=S) groups is 1. The summed E-state index contributed by atoms with van der Waals surface area (Å²) in [4.78, 5) is 18.7. The monoisotopic (exact) mass is 474 g/mol. The minimum atomic E-state index is -0.346. The van der Waals surface area contributed by atoms with Gasteiger partial charge in [0.25, 0.3) is 0 Å². The van der Waals surface area contributed by atoms with E-state index in [4.69, 9.17) is 40.2 Å². The van der Waals surface area contributed by atoms with E-state index >= 15 is 0 Å². The summed E-state index contributed by atoms with van der Waals surface area (Å²) in [6, 6.07) is 14.4. The third-order valence-corrected chi connectivity index (χ3v) is 5.95. The summed E-state index contributed by atoms with van der Waals surface area (Å²) in [5.74, 6) is -0.346. The molecule has 1 saturated heterocycles. The minimum absolute atomic E-state index is 0.0210. The van der Waals surface area contributed by atoms with Gasteiger partial charge in [-0.15, -0.1) is 0 Å². The third kappa shape index (κ3) is 4.39. The molecule has 1 aromatic carbocycles. The first-order valence-corrected chi connectivity index (χ1v) is 10.9. The van der Waals surface area contributed by atoms with Gasteiger partial charge in [0.15, 0.2) is 5.11 Å². The molecule has 1 aliphatic heterocycles. The molecule has 1 N–H and O–H groups in total. The molecule has 2 unspecified atom stereocenters. The lowest BCUT2D eigenvalue weighted by Crippen LogP contribution is -2.36. The van der Waals surface area contributed by atoms with E-state index in [0.29, 0.717) is 21.8 Å². The Kier molecular flexibility index (Phi) is 6.46. The number of aromatic nitrogens is 2. The number of carbonyl (C=O) groups excluding carboxylic acids is 1. The molecule has 6 nitrogen and oxygen atoms in total. The fraction of sp³-hybridized carbons (Fsp3) is 0.227. The molecule has 0 radical (unpaired) electrons. The fourth-order valence-corrected chi connectivity index (χ4v) is 4.58. The van der Waals surface area contributed by atoms with E-state index in [-0.39, 0.29) is 24.6 Å². The molecule has 1 aliphatic rings. The molecular formula is C22H20Cl2N4O2S. The predicted molar refractivity (Wildman–Crippen MR) is 125 cm³/mol. The number of hydrogen-bond donors (Lipinski definition) is 1. The van der Waals surface area contributed by atoms with E-state index in [1.54, 1.807) is 25.3 Å². The van der Waals surface area contributed by atoms with Crippen molar-refractivity contribution in [2.45, 2.75) is 19.0 Å². The maximum atomic E-state index is 12.3. The van der Waals surface area contributed by atoms with Crippen molar-refractivity contribution in [3.8, 4) is 5.69 Å². The van der Waals surface area contributed by atoms with E-state index in [0.717, 1.165) is 17.1 Å². The zero-order valence-corrected chi connectivity index (χ0v) is 19.0. The second kappa shape index (κ2) is 9.26. The van der Waals surface area contributed by atoms with E-state index < -0.39 is 0 Å². The van der Waals surface area contributed by atoms with Crippen LogP contribution in [0.5, 0.6) is 0 Å². The van der Waals surface area contributed by atoms with Crippen LogP contribution in [0, 0.1) is 0 Å². The van der Waals surface area contributed by atoms with Gasteiger partial charge in [-0.05, 0) is 61.6 Å². The Morgan fingerprint density at radius 3 is 2.77 bits per heavy atom. The molecule has 31 heavy (non-hydrogen) atoms. The highest BCUT2D eigenvalue weighted by molar-refractivity contribution is 7.80. The molecular weight excluding hydrogens is 455 g/mol. The van der Waals surface area contributed by atoms with Crippen LogP contribution in [-0.2, 0) is 9.53 Å². The standard InChI is InChI=1S/C22H20Cl2N4O2S/c1-2-30-19(29)13-28-21(20(26-22(28)31)16-6-3-4-10-25-16)18-7-5-11-27(18)17-9-8-14(23)12-15(17)24/h3-12,20-21H,2,13H2,1H3,(H,26,31). The number of rotatable bonds is 6. The highest BCUT2D eigenvalue weighted by atomic mass is 35.5. The average Bonchev–Trinajstić information content (AvgIpc) is 3.33. The second-order valence-corrected chi connectivity index (χ2v) is 8.19. The summed E-state index contributed by atoms with van der Waals surface area (Å²) in [7, 11) is 0. The highest BCUT2D eigenvalue weighted by Gasteiger charge is 2.42. The van der Waals surface area contributed by atoms with Gasteiger partial charge >= 0.3 is 5.97 Å². The Bertz CT molecular complexity index is 1110. The van der Waals surface area contributed by atoms with Gasteiger partial charge in [-0.25, -0.2) is 0 Å². The first-order valence-electron chi connectivity index (χ1n) is 9.76. The van der Waals surface area contributed by atoms with Crippen molar-refractivity contribution < 1.29 is 9.53 Å². The van der Waals surface area contributed by atoms with Crippen LogP contribution in [0.1, 0.15) is 30.4 Å². The van der Waals surface area contributed by atoms with Gasteiger partial charge in [0, 0.05) is 23.1 Å². The number of carbonyl (C=O) groups is 1. The van der Waals surface area contributed by atoms with Crippen molar-refractivity contribution in [3.63, 3.8) is 0 Å². The maximum absolute atomic E-state index is 12.3. The molecule has 160 valence electrons. The van der Waals surface area contributed by atoms with Crippen LogP contribution in [0.25, 0.3) is 5.69 Å². The normalized spacial score (nSPS) is 18.2. The van der Waals surface area contributed by atoms with Crippen LogP contribution in [0.15, 0.2) is 60.9 Å². The molecule has 0 amide bonds. The van der Waals surface area contributed by atoms with E-state index in [9.17, 15) is 4.79 Å². The summed E-state index contributed by atoms with van der Waals surface area (Å²) in [6.45, 7) is 2.10. The van der Waals surface area contributed by atoms with Crippen LogP contribution in [0.3, 0.4) is 0 Å². The fourth-order valence-electron chi connectivity index (χ4n) is 3.77. The number of nitrogens with one attached hydrogen (secondary N) is 1. The van der Waals surface area contributed by atoms with Gasteiger partial charge in [0.1, 0.15) is 6.54 Å². The number of hydrogen-bond acceptors (Lipinski definition) is 4. The predicted octanol–water partition coefficient (Wildman–Crippen LogP) is 4.71. The topological polar surface area (TPSA) is 59.4 Å². The Morgan fingerprint density at radius 1 is 1.23 bits per heavy atom. The minimum Gasteiger partial charge on any atom is -0.465 e. The summed E-state index contributed by atoms with van der Waals surface area (Å²) >= 11 is 18.2. The molecule has 0 aliphatic carbocycles. The van der Waals surface area contributed by atoms with Crippen LogP contribution in [0.2, 0.25) is 10.0 Å². The number of halogens is 2. The molecule has 3 aromatic rings. The molecule has 9 heteroatoms. The number of benzene rings is 1. The summed E-state index contributed by atoms with van der Waals surface area (Å²) in [5, 5.41) is 4.87. The van der Waals surface area contributed by atoms with Crippen LogP contribution < -0.4 is 5.32 Å². The molecule has 0 bridgehead atoms. The Balaban J connectivity index is 1.80. The van der Waals surface area contributed by atoms with E-state index in [1.807, 2.05) is 52.1 Å². The van der Waals surface area contributed by atoms with Crippen LogP contribution >= 0.6 is 35.4 Å². The number of pyridine rings is 1. The molecule has 2 aromatic heterocycles. The third-order valence-electron chi connectivity index (χ3n) is 5.06.